The third kappa shape index (κ3) is 1.69. The van der Waals surface area contributed by atoms with Crippen LogP contribution in [0.2, 0.25) is 0 Å². The van der Waals surface area contributed by atoms with Crippen LogP contribution in [0.1, 0.15) is 0 Å². The molecule has 5 nitrogen and oxygen atoms in total. The van der Waals surface area contributed by atoms with E-state index in [9.17, 15) is 0 Å². The quantitative estimate of drug-likeness (QED) is 0.478. The van der Waals surface area contributed by atoms with Gasteiger partial charge in [0.25, 0.3) is 0 Å². The number of methoxy groups -OCH3 is 1. The minimum atomic E-state index is -0.199. The molecule has 0 radical (unpaired) electrons. The van der Waals surface area contributed by atoms with Crippen LogP contribution in [0, 0.1) is 0 Å². The highest BCUT2D eigenvalue weighted by Gasteiger charge is 2.13. The summed E-state index contributed by atoms with van der Waals surface area (Å²) in [4.78, 5) is 4.08. The number of rotatable bonds is 1. The van der Waals surface area contributed by atoms with Gasteiger partial charge in [-0.15, -0.1) is 0 Å². The van der Waals surface area contributed by atoms with Crippen molar-refractivity contribution >= 4 is 5.90 Å². The van der Waals surface area contributed by atoms with E-state index >= 15 is 0 Å². The smallest absolute Gasteiger partial charge is 0.211 e. The monoisotopic (exact) mass is 156 g/mol. The summed E-state index contributed by atoms with van der Waals surface area (Å²) in [5, 5.41) is 1.45. The molecule has 0 amide bonds. The second kappa shape index (κ2) is 3.36. The molecule has 1 aliphatic heterocycles. The van der Waals surface area contributed by atoms with Crippen LogP contribution in [0.15, 0.2) is 17.3 Å². The summed E-state index contributed by atoms with van der Waals surface area (Å²) >= 11 is 0. The van der Waals surface area contributed by atoms with Gasteiger partial charge in [0.05, 0.1) is 7.11 Å². The van der Waals surface area contributed by atoms with E-state index in [4.69, 9.17) is 16.3 Å². The Labute approximate surface area is 65.3 Å². The van der Waals surface area contributed by atoms with E-state index in [2.05, 4.69) is 4.99 Å². The Morgan fingerprint density at radius 2 is 2.55 bits per heavy atom. The van der Waals surface area contributed by atoms with Crippen molar-refractivity contribution in [3.63, 3.8) is 0 Å². The Morgan fingerprint density at radius 3 is 3.09 bits per heavy atom. The Balaban J connectivity index is 2.67. The highest BCUT2D eigenvalue weighted by Crippen LogP contribution is 2.02. The molecule has 0 fully saturated rings. The molecule has 0 saturated heterocycles. The number of ether oxygens (including phenoxy) is 1. The van der Waals surface area contributed by atoms with E-state index in [1.165, 1.54) is 5.01 Å². The fourth-order valence-corrected chi connectivity index (χ4v) is 0.801. The predicted octanol–water partition coefficient (Wildman–Crippen LogP) is -0.981. The van der Waals surface area contributed by atoms with E-state index in [1.807, 2.05) is 0 Å². The summed E-state index contributed by atoms with van der Waals surface area (Å²) in [5.74, 6) is 6.07. The van der Waals surface area contributed by atoms with Crippen LogP contribution in [0.5, 0.6) is 0 Å². The van der Waals surface area contributed by atoms with E-state index < -0.39 is 0 Å². The van der Waals surface area contributed by atoms with Crippen LogP contribution in [-0.4, -0.2) is 30.7 Å². The van der Waals surface area contributed by atoms with Crippen LogP contribution in [0.25, 0.3) is 0 Å². The summed E-state index contributed by atoms with van der Waals surface area (Å²) in [6.07, 6.45) is 3.17. The highest BCUT2D eigenvalue weighted by molar-refractivity contribution is 5.88. The third-order valence-corrected chi connectivity index (χ3v) is 1.43. The van der Waals surface area contributed by atoms with E-state index in [0.29, 0.717) is 12.4 Å². The maximum Gasteiger partial charge on any atom is 0.211 e. The fourth-order valence-electron chi connectivity index (χ4n) is 0.801. The highest BCUT2D eigenvalue weighted by atomic mass is 16.5. The molecule has 1 heterocycles. The molecule has 0 aliphatic carbocycles. The fraction of sp³-hybridized carbons (Fsp3) is 0.500. The van der Waals surface area contributed by atoms with Gasteiger partial charge in [-0.1, -0.05) is 0 Å². The molecule has 0 saturated carbocycles. The number of aliphatic imine (C=N–C) groups is 1. The van der Waals surface area contributed by atoms with Gasteiger partial charge in [-0.25, -0.2) is 10.8 Å². The molecule has 11 heavy (non-hydrogen) atoms. The third-order valence-electron chi connectivity index (χ3n) is 1.43. The number of hydrogen-bond donors (Lipinski definition) is 2. The Morgan fingerprint density at radius 1 is 1.82 bits per heavy atom. The van der Waals surface area contributed by atoms with Gasteiger partial charge in [0.2, 0.25) is 5.90 Å². The molecule has 5 heteroatoms. The lowest BCUT2D eigenvalue weighted by atomic mass is 10.4. The molecule has 0 bridgehead atoms. The van der Waals surface area contributed by atoms with Crippen molar-refractivity contribution < 1.29 is 4.74 Å². The van der Waals surface area contributed by atoms with Crippen LogP contribution in [-0.2, 0) is 4.74 Å². The second-order valence-electron chi connectivity index (χ2n) is 2.15. The molecule has 1 rings (SSSR count). The molecule has 62 valence electrons. The van der Waals surface area contributed by atoms with Crippen molar-refractivity contribution in [2.75, 3.05) is 13.7 Å². The molecule has 4 N–H and O–H groups in total. The topological polar surface area (TPSA) is 76.9 Å². The van der Waals surface area contributed by atoms with E-state index in [-0.39, 0.29) is 6.17 Å². The first-order valence-electron chi connectivity index (χ1n) is 3.31. The zero-order valence-electron chi connectivity index (χ0n) is 6.40. The molecule has 0 spiro atoms. The average molecular weight is 156 g/mol. The van der Waals surface area contributed by atoms with Crippen molar-refractivity contribution in [2.24, 2.45) is 16.6 Å². The number of hydrogen-bond acceptors (Lipinski definition) is 5. The van der Waals surface area contributed by atoms with Gasteiger partial charge in [-0.05, 0) is 0 Å². The molecule has 0 aromatic rings. The Hall–Kier alpha value is -1.07. The SMILES string of the molecule is COC1=NC(CN)N(N)C=C1. The Bertz CT molecular complexity index is 189. The number of nitrogens with zero attached hydrogens (tertiary/aromatic N) is 2. The van der Waals surface area contributed by atoms with Crippen LogP contribution < -0.4 is 11.6 Å². The van der Waals surface area contributed by atoms with Crippen molar-refractivity contribution in [2.45, 2.75) is 6.17 Å². The van der Waals surface area contributed by atoms with Gasteiger partial charge in [-0.3, -0.25) is 5.01 Å². The molecular formula is C6H12N4O. The minimum Gasteiger partial charge on any atom is -0.481 e. The van der Waals surface area contributed by atoms with Gasteiger partial charge in [-0.2, -0.15) is 0 Å². The van der Waals surface area contributed by atoms with Crippen molar-refractivity contribution in [3.05, 3.63) is 12.3 Å². The van der Waals surface area contributed by atoms with Gasteiger partial charge in [0.1, 0.15) is 0 Å². The van der Waals surface area contributed by atoms with Crippen molar-refractivity contribution in [1.82, 2.24) is 5.01 Å². The minimum absolute atomic E-state index is 0.199. The average Bonchev–Trinajstić information content (AvgIpc) is 2.05. The lowest BCUT2D eigenvalue weighted by Gasteiger charge is -2.24. The maximum absolute atomic E-state index is 5.51. The summed E-state index contributed by atoms with van der Waals surface area (Å²) in [5.41, 5.74) is 5.39. The standard InChI is InChI=1S/C6H12N4O/c1-11-6-2-3-10(8)5(4-7)9-6/h2-3,5H,4,7-8H2,1H3. The van der Waals surface area contributed by atoms with Crippen molar-refractivity contribution in [1.29, 1.82) is 0 Å². The number of hydrazine groups is 1. The first kappa shape index (κ1) is 8.03. The summed E-state index contributed by atoms with van der Waals surface area (Å²) in [6.45, 7) is 0.383. The second-order valence-corrected chi connectivity index (χ2v) is 2.15. The van der Waals surface area contributed by atoms with Crippen LogP contribution in [0.3, 0.4) is 0 Å². The normalized spacial score (nSPS) is 23.4. The molecule has 0 aromatic heterocycles. The lowest BCUT2D eigenvalue weighted by Crippen LogP contribution is -2.42. The summed E-state index contributed by atoms with van der Waals surface area (Å²) in [7, 11) is 1.56. The summed E-state index contributed by atoms with van der Waals surface area (Å²) in [6, 6.07) is 0. The first-order valence-corrected chi connectivity index (χ1v) is 3.31. The molecule has 0 aromatic carbocycles. The number of nitrogens with two attached hydrogens (primary N) is 2. The van der Waals surface area contributed by atoms with Gasteiger partial charge >= 0.3 is 0 Å². The zero-order valence-corrected chi connectivity index (χ0v) is 6.40. The molecule has 1 atom stereocenters. The lowest BCUT2D eigenvalue weighted by molar-refractivity contribution is 0.281. The zero-order chi connectivity index (χ0) is 8.27. The van der Waals surface area contributed by atoms with Crippen LogP contribution in [0.4, 0.5) is 0 Å². The predicted molar refractivity (Wildman–Crippen MR) is 42.5 cm³/mol. The molecule has 1 aliphatic rings. The van der Waals surface area contributed by atoms with Gasteiger partial charge in [0.15, 0.2) is 6.17 Å². The van der Waals surface area contributed by atoms with Crippen LogP contribution >= 0.6 is 0 Å². The summed E-state index contributed by atoms with van der Waals surface area (Å²) < 4.78 is 4.90. The van der Waals surface area contributed by atoms with E-state index in [0.717, 1.165) is 0 Å². The van der Waals surface area contributed by atoms with E-state index in [1.54, 1.807) is 19.4 Å². The molecule has 1 unspecified atom stereocenters. The molecular weight excluding hydrogens is 144 g/mol. The maximum atomic E-state index is 5.51. The van der Waals surface area contributed by atoms with Gasteiger partial charge in [0, 0.05) is 18.8 Å². The first-order chi connectivity index (χ1) is 5.27. The largest absolute Gasteiger partial charge is 0.481 e. The van der Waals surface area contributed by atoms with Crippen molar-refractivity contribution in [3.8, 4) is 0 Å². The van der Waals surface area contributed by atoms with Gasteiger partial charge < -0.3 is 10.5 Å². The Kier molecular flexibility index (Phi) is 2.45.